The second kappa shape index (κ2) is 5.23. The number of carboxylic acid groups (broad SMARTS) is 1. The van der Waals surface area contributed by atoms with Crippen LogP contribution in [0.25, 0.3) is 0 Å². The largest absolute Gasteiger partial charge is 0.476 e. The van der Waals surface area contributed by atoms with Crippen LogP contribution in [0.4, 0.5) is 0 Å². The average Bonchev–Trinajstić information content (AvgIpc) is 2.69. The maximum atomic E-state index is 11.3. The van der Waals surface area contributed by atoms with Crippen LogP contribution < -0.4 is 5.73 Å². The minimum atomic E-state index is -3.13. The Morgan fingerprint density at radius 1 is 1.53 bits per heavy atom. The first-order chi connectivity index (χ1) is 7.91. The van der Waals surface area contributed by atoms with E-state index >= 15 is 0 Å². The van der Waals surface area contributed by atoms with Gasteiger partial charge in [0.05, 0.1) is 18.0 Å². The van der Waals surface area contributed by atoms with Crippen LogP contribution in [-0.4, -0.2) is 46.0 Å². The molecule has 0 aliphatic rings. The maximum absolute atomic E-state index is 11.3. The van der Waals surface area contributed by atoms with E-state index < -0.39 is 15.8 Å². The van der Waals surface area contributed by atoms with Crippen LogP contribution in [0.1, 0.15) is 23.1 Å². The Balaban J connectivity index is 2.89. The van der Waals surface area contributed by atoms with E-state index in [9.17, 15) is 13.2 Å². The molecule has 1 aromatic rings. The summed E-state index contributed by atoms with van der Waals surface area (Å²) in [4.78, 5) is 10.8. The summed E-state index contributed by atoms with van der Waals surface area (Å²) < 4.78 is 23.8. The maximum Gasteiger partial charge on any atom is 0.358 e. The summed E-state index contributed by atoms with van der Waals surface area (Å²) in [6.07, 6.45) is 0. The van der Waals surface area contributed by atoms with E-state index in [0.717, 1.165) is 0 Å². The molecule has 0 saturated carbocycles. The molecule has 0 fully saturated rings. The number of sulfone groups is 1. The normalized spacial score (nSPS) is 11.6. The molecule has 3 N–H and O–H groups in total. The van der Waals surface area contributed by atoms with Crippen molar-refractivity contribution in [2.45, 2.75) is 20.0 Å². The van der Waals surface area contributed by atoms with E-state index in [1.54, 1.807) is 6.92 Å². The van der Waals surface area contributed by atoms with Gasteiger partial charge in [-0.05, 0) is 0 Å². The van der Waals surface area contributed by atoms with Gasteiger partial charge in [-0.1, -0.05) is 12.1 Å². The second-order valence-corrected chi connectivity index (χ2v) is 5.83. The zero-order valence-electron chi connectivity index (χ0n) is 9.33. The average molecular weight is 262 g/mol. The molecular weight excluding hydrogens is 248 g/mol. The van der Waals surface area contributed by atoms with Crippen LogP contribution in [0.5, 0.6) is 0 Å². The molecule has 0 bridgehead atoms. The van der Waals surface area contributed by atoms with E-state index in [4.69, 9.17) is 10.8 Å². The Kier molecular flexibility index (Phi) is 4.18. The smallest absolute Gasteiger partial charge is 0.358 e. The number of nitrogens with zero attached hydrogens (tertiary/aromatic N) is 3. The van der Waals surface area contributed by atoms with Crippen molar-refractivity contribution in [3.05, 3.63) is 11.4 Å². The number of rotatable bonds is 6. The molecule has 0 atom stereocenters. The fourth-order valence-electron chi connectivity index (χ4n) is 1.25. The van der Waals surface area contributed by atoms with Gasteiger partial charge in [0, 0.05) is 12.3 Å². The first-order valence-electron chi connectivity index (χ1n) is 4.97. The van der Waals surface area contributed by atoms with Crippen LogP contribution in [-0.2, 0) is 22.9 Å². The third-order valence-electron chi connectivity index (χ3n) is 2.29. The molecule has 1 heterocycles. The molecule has 9 heteroatoms. The van der Waals surface area contributed by atoms with Gasteiger partial charge in [0.1, 0.15) is 0 Å². The van der Waals surface area contributed by atoms with Gasteiger partial charge in [0.25, 0.3) is 0 Å². The van der Waals surface area contributed by atoms with E-state index in [2.05, 4.69) is 10.3 Å². The van der Waals surface area contributed by atoms with Gasteiger partial charge in [-0.3, -0.25) is 0 Å². The van der Waals surface area contributed by atoms with Gasteiger partial charge in [-0.15, -0.1) is 5.10 Å². The molecule has 0 spiro atoms. The van der Waals surface area contributed by atoms with Gasteiger partial charge in [-0.25, -0.2) is 17.9 Å². The van der Waals surface area contributed by atoms with Crippen molar-refractivity contribution < 1.29 is 18.3 Å². The van der Waals surface area contributed by atoms with Gasteiger partial charge in [-0.2, -0.15) is 0 Å². The lowest BCUT2D eigenvalue weighted by atomic mass is 10.3. The number of aryl methyl sites for hydroxylation is 1. The molecule has 0 aliphatic carbocycles. The Labute approximate surface area is 98.3 Å². The van der Waals surface area contributed by atoms with Crippen molar-refractivity contribution in [3.8, 4) is 0 Å². The first-order valence-corrected chi connectivity index (χ1v) is 6.79. The van der Waals surface area contributed by atoms with Gasteiger partial charge in [0.15, 0.2) is 15.5 Å². The van der Waals surface area contributed by atoms with Crippen LogP contribution in [0.3, 0.4) is 0 Å². The number of hydrogen-bond donors (Lipinski definition) is 2. The van der Waals surface area contributed by atoms with Gasteiger partial charge >= 0.3 is 5.97 Å². The molecule has 8 nitrogen and oxygen atoms in total. The Morgan fingerprint density at radius 2 is 2.18 bits per heavy atom. The standard InChI is InChI=1S/C8H14N4O4S/c1-2-17(15,16)4-3-12-6(5-9)7(8(13)14)10-11-12/h2-5,9H2,1H3,(H,13,14). The predicted molar refractivity (Wildman–Crippen MR) is 59.2 cm³/mol. The van der Waals surface area contributed by atoms with Gasteiger partial charge < -0.3 is 10.8 Å². The SMILES string of the molecule is CCS(=O)(=O)CCn1nnc(C(=O)O)c1CN. The van der Waals surface area contributed by atoms with Crippen molar-refractivity contribution in [2.75, 3.05) is 11.5 Å². The lowest BCUT2D eigenvalue weighted by Crippen LogP contribution is -2.19. The fraction of sp³-hybridized carbons (Fsp3) is 0.625. The third-order valence-corrected chi connectivity index (χ3v) is 3.97. The summed E-state index contributed by atoms with van der Waals surface area (Å²) in [6.45, 7) is 1.55. The highest BCUT2D eigenvalue weighted by atomic mass is 32.2. The minimum absolute atomic E-state index is 0.0332. The highest BCUT2D eigenvalue weighted by molar-refractivity contribution is 7.91. The lowest BCUT2D eigenvalue weighted by Gasteiger charge is -2.04. The van der Waals surface area contributed by atoms with Crippen LogP contribution in [0.2, 0.25) is 0 Å². The van der Waals surface area contributed by atoms with Crippen molar-refractivity contribution >= 4 is 15.8 Å². The zero-order chi connectivity index (χ0) is 13.1. The molecule has 1 rings (SSSR count). The third kappa shape index (κ3) is 3.24. The van der Waals surface area contributed by atoms with Crippen molar-refractivity contribution in [1.29, 1.82) is 0 Å². The van der Waals surface area contributed by atoms with Gasteiger partial charge in [0.2, 0.25) is 0 Å². The molecule has 0 saturated heterocycles. The molecular formula is C8H14N4O4S. The molecule has 96 valence electrons. The molecule has 0 unspecified atom stereocenters. The Hall–Kier alpha value is -1.48. The summed E-state index contributed by atoms with van der Waals surface area (Å²) in [7, 11) is -3.13. The lowest BCUT2D eigenvalue weighted by molar-refractivity contribution is 0.0689. The molecule has 0 amide bonds. The molecule has 17 heavy (non-hydrogen) atoms. The molecule has 1 aromatic heterocycles. The molecule has 0 radical (unpaired) electrons. The van der Waals surface area contributed by atoms with Crippen LogP contribution in [0, 0.1) is 0 Å². The topological polar surface area (TPSA) is 128 Å². The van der Waals surface area contributed by atoms with Crippen LogP contribution >= 0.6 is 0 Å². The van der Waals surface area contributed by atoms with E-state index in [0.29, 0.717) is 0 Å². The first kappa shape index (κ1) is 13.6. The number of aromatic nitrogens is 3. The Morgan fingerprint density at radius 3 is 2.65 bits per heavy atom. The fourth-order valence-corrected chi connectivity index (χ4v) is 1.99. The zero-order valence-corrected chi connectivity index (χ0v) is 10.1. The Bertz CT molecular complexity index is 508. The monoisotopic (exact) mass is 262 g/mol. The number of carbonyl (C=O) groups is 1. The summed E-state index contributed by atoms with van der Waals surface area (Å²) in [6, 6.07) is 0. The summed E-state index contributed by atoms with van der Waals surface area (Å²) in [5.41, 5.74) is 5.38. The number of aromatic carboxylic acids is 1. The highest BCUT2D eigenvalue weighted by Crippen LogP contribution is 2.05. The molecule has 0 aliphatic heterocycles. The van der Waals surface area contributed by atoms with Crippen molar-refractivity contribution in [2.24, 2.45) is 5.73 Å². The van der Waals surface area contributed by atoms with Crippen molar-refractivity contribution in [3.63, 3.8) is 0 Å². The van der Waals surface area contributed by atoms with Crippen LogP contribution in [0.15, 0.2) is 0 Å². The summed E-state index contributed by atoms with van der Waals surface area (Å²) in [5.74, 6) is -1.31. The summed E-state index contributed by atoms with van der Waals surface area (Å²) in [5, 5.41) is 15.8. The quantitative estimate of drug-likeness (QED) is 0.663. The number of nitrogens with two attached hydrogens (primary N) is 1. The summed E-state index contributed by atoms with van der Waals surface area (Å²) >= 11 is 0. The highest BCUT2D eigenvalue weighted by Gasteiger charge is 2.18. The number of carboxylic acids is 1. The number of hydrogen-bond acceptors (Lipinski definition) is 6. The van der Waals surface area contributed by atoms with E-state index in [1.807, 2.05) is 0 Å². The minimum Gasteiger partial charge on any atom is -0.476 e. The van der Waals surface area contributed by atoms with E-state index in [1.165, 1.54) is 4.68 Å². The van der Waals surface area contributed by atoms with Crippen molar-refractivity contribution in [1.82, 2.24) is 15.0 Å². The molecule has 0 aromatic carbocycles. The van der Waals surface area contributed by atoms with E-state index in [-0.39, 0.29) is 36.0 Å². The predicted octanol–water partition coefficient (Wildman–Crippen LogP) is -1.13. The second-order valence-electron chi connectivity index (χ2n) is 3.35.